The van der Waals surface area contributed by atoms with Crippen molar-refractivity contribution in [3.05, 3.63) is 29.9 Å². The normalized spacial score (nSPS) is 15.5. The molecule has 1 aliphatic heterocycles. The molecule has 0 bridgehead atoms. The number of aromatic nitrogens is 2. The Morgan fingerprint density at radius 2 is 2.53 bits per heavy atom. The summed E-state index contributed by atoms with van der Waals surface area (Å²) in [6.45, 7) is 2.67. The van der Waals surface area contributed by atoms with E-state index in [-0.39, 0.29) is 5.91 Å². The number of hydrogen-bond donors (Lipinski definition) is 2. The van der Waals surface area contributed by atoms with Gasteiger partial charge in [-0.25, -0.2) is 4.98 Å². The van der Waals surface area contributed by atoms with Gasteiger partial charge in [0.05, 0.1) is 6.33 Å². The highest BCUT2D eigenvalue weighted by Crippen LogP contribution is 2.07. The molecule has 0 aliphatic carbocycles. The molecule has 0 unspecified atom stereocenters. The molecule has 92 valence electrons. The molecule has 2 N–H and O–H groups in total. The van der Waals surface area contributed by atoms with Crippen LogP contribution in [0.15, 0.2) is 24.2 Å². The van der Waals surface area contributed by atoms with Crippen LogP contribution < -0.4 is 10.6 Å². The minimum atomic E-state index is -0.0971. The average Bonchev–Trinajstić information content (AvgIpc) is 2.77. The van der Waals surface area contributed by atoms with E-state index in [1.807, 2.05) is 7.05 Å². The molecule has 0 spiro atoms. The molecule has 1 aromatic heterocycles. The summed E-state index contributed by atoms with van der Waals surface area (Å²) in [6, 6.07) is 0. The second kappa shape index (κ2) is 5.63. The highest BCUT2D eigenvalue weighted by molar-refractivity contribution is 5.91. The maximum absolute atomic E-state index is 11.7. The van der Waals surface area contributed by atoms with E-state index in [4.69, 9.17) is 0 Å². The highest BCUT2D eigenvalue weighted by Gasteiger charge is 2.08. The molecule has 2 heterocycles. The molecule has 2 rings (SSSR count). The summed E-state index contributed by atoms with van der Waals surface area (Å²) in [4.78, 5) is 15.7. The fraction of sp³-hybridized carbons (Fsp3) is 0.500. The average molecular weight is 234 g/mol. The second-order valence-electron chi connectivity index (χ2n) is 4.25. The third-order valence-electron chi connectivity index (χ3n) is 2.83. The van der Waals surface area contributed by atoms with Gasteiger partial charge in [0.25, 0.3) is 5.91 Å². The molecule has 0 fully saturated rings. The SMILES string of the molecule is Cn1cnc(C(=O)NCCC2=CCNCC2)c1. The van der Waals surface area contributed by atoms with Crippen LogP contribution in [0.1, 0.15) is 23.3 Å². The van der Waals surface area contributed by atoms with Crippen LogP contribution in [-0.4, -0.2) is 35.1 Å². The largest absolute Gasteiger partial charge is 0.350 e. The molecule has 0 radical (unpaired) electrons. The number of hydrogen-bond acceptors (Lipinski definition) is 3. The Hall–Kier alpha value is -1.62. The van der Waals surface area contributed by atoms with Gasteiger partial charge < -0.3 is 15.2 Å². The van der Waals surface area contributed by atoms with Gasteiger partial charge >= 0.3 is 0 Å². The van der Waals surface area contributed by atoms with Crippen molar-refractivity contribution in [1.29, 1.82) is 0 Å². The number of amides is 1. The second-order valence-corrected chi connectivity index (χ2v) is 4.25. The first-order valence-corrected chi connectivity index (χ1v) is 5.90. The van der Waals surface area contributed by atoms with E-state index in [2.05, 4.69) is 21.7 Å². The molecule has 17 heavy (non-hydrogen) atoms. The van der Waals surface area contributed by atoms with E-state index in [1.54, 1.807) is 17.1 Å². The number of nitrogens with one attached hydrogen (secondary N) is 2. The summed E-state index contributed by atoms with van der Waals surface area (Å²) in [7, 11) is 1.85. The minimum Gasteiger partial charge on any atom is -0.350 e. The van der Waals surface area contributed by atoms with Crippen molar-refractivity contribution < 1.29 is 4.79 Å². The zero-order valence-electron chi connectivity index (χ0n) is 10.1. The third kappa shape index (κ3) is 3.42. The van der Waals surface area contributed by atoms with Gasteiger partial charge in [0, 0.05) is 26.3 Å². The molecule has 0 saturated carbocycles. The van der Waals surface area contributed by atoms with E-state index >= 15 is 0 Å². The van der Waals surface area contributed by atoms with Crippen LogP contribution in [0.25, 0.3) is 0 Å². The van der Waals surface area contributed by atoms with Crippen LogP contribution in [0.4, 0.5) is 0 Å². The fourth-order valence-electron chi connectivity index (χ4n) is 1.85. The topological polar surface area (TPSA) is 59.0 Å². The van der Waals surface area contributed by atoms with Gasteiger partial charge in [-0.3, -0.25) is 4.79 Å². The molecular formula is C12H18N4O. The standard InChI is InChI=1S/C12H18N4O/c1-16-8-11(15-9-16)12(17)14-7-4-10-2-5-13-6-3-10/h2,8-9,13H,3-7H2,1H3,(H,14,17). The summed E-state index contributed by atoms with van der Waals surface area (Å²) in [5, 5.41) is 6.15. The zero-order valence-corrected chi connectivity index (χ0v) is 10.1. The lowest BCUT2D eigenvalue weighted by Crippen LogP contribution is -2.26. The molecule has 0 aromatic carbocycles. The van der Waals surface area contributed by atoms with Crippen LogP contribution in [0, 0.1) is 0 Å². The van der Waals surface area contributed by atoms with Crippen molar-refractivity contribution in [3.63, 3.8) is 0 Å². The van der Waals surface area contributed by atoms with Gasteiger partial charge in [-0.05, 0) is 19.4 Å². The smallest absolute Gasteiger partial charge is 0.271 e. The van der Waals surface area contributed by atoms with Gasteiger partial charge in [-0.2, -0.15) is 0 Å². The zero-order chi connectivity index (χ0) is 12.1. The molecule has 1 aliphatic rings. The summed E-state index contributed by atoms with van der Waals surface area (Å²) >= 11 is 0. The summed E-state index contributed by atoms with van der Waals surface area (Å²) in [5.74, 6) is -0.0971. The van der Waals surface area contributed by atoms with Gasteiger partial charge in [0.2, 0.25) is 0 Å². The maximum atomic E-state index is 11.7. The van der Waals surface area contributed by atoms with Gasteiger partial charge in [-0.1, -0.05) is 11.6 Å². The summed E-state index contributed by atoms with van der Waals surface area (Å²) < 4.78 is 1.77. The number of aryl methyl sites for hydroxylation is 1. The first-order chi connectivity index (χ1) is 8.25. The summed E-state index contributed by atoms with van der Waals surface area (Å²) in [5.41, 5.74) is 1.90. The van der Waals surface area contributed by atoms with Crippen LogP contribution in [0.2, 0.25) is 0 Å². The Kier molecular flexibility index (Phi) is 3.93. The van der Waals surface area contributed by atoms with Crippen LogP contribution in [-0.2, 0) is 7.05 Å². The lowest BCUT2D eigenvalue weighted by atomic mass is 10.1. The van der Waals surface area contributed by atoms with Gasteiger partial charge in [-0.15, -0.1) is 0 Å². The van der Waals surface area contributed by atoms with E-state index in [0.29, 0.717) is 12.2 Å². The Morgan fingerprint density at radius 3 is 3.18 bits per heavy atom. The van der Waals surface area contributed by atoms with Crippen molar-refractivity contribution >= 4 is 5.91 Å². The lowest BCUT2D eigenvalue weighted by Gasteiger charge is -2.13. The first kappa shape index (κ1) is 11.9. The lowest BCUT2D eigenvalue weighted by molar-refractivity contribution is 0.0949. The van der Waals surface area contributed by atoms with Crippen LogP contribution in [0.3, 0.4) is 0 Å². The van der Waals surface area contributed by atoms with Crippen molar-refractivity contribution in [3.8, 4) is 0 Å². The number of rotatable bonds is 4. The quantitative estimate of drug-likeness (QED) is 0.744. The molecule has 0 saturated heterocycles. The summed E-state index contributed by atoms with van der Waals surface area (Å²) in [6.07, 6.45) is 7.57. The maximum Gasteiger partial charge on any atom is 0.271 e. The van der Waals surface area contributed by atoms with E-state index in [0.717, 1.165) is 25.9 Å². The molecule has 1 amide bonds. The fourth-order valence-corrected chi connectivity index (χ4v) is 1.85. The van der Waals surface area contributed by atoms with Crippen molar-refractivity contribution in [2.45, 2.75) is 12.8 Å². The third-order valence-corrected chi connectivity index (χ3v) is 2.83. The molecular weight excluding hydrogens is 216 g/mol. The highest BCUT2D eigenvalue weighted by atomic mass is 16.1. The number of nitrogens with zero attached hydrogens (tertiary/aromatic N) is 2. The molecule has 5 nitrogen and oxygen atoms in total. The Bertz CT molecular complexity index is 422. The monoisotopic (exact) mass is 234 g/mol. The van der Waals surface area contributed by atoms with E-state index in [9.17, 15) is 4.79 Å². The molecule has 1 aromatic rings. The molecule has 5 heteroatoms. The molecule has 0 atom stereocenters. The van der Waals surface area contributed by atoms with Crippen molar-refractivity contribution in [2.75, 3.05) is 19.6 Å². The van der Waals surface area contributed by atoms with Gasteiger partial charge in [0.1, 0.15) is 5.69 Å². The Balaban J connectivity index is 1.75. The van der Waals surface area contributed by atoms with E-state index < -0.39 is 0 Å². The Labute approximate surface area is 101 Å². The number of carbonyl (C=O) groups excluding carboxylic acids is 1. The van der Waals surface area contributed by atoms with Crippen molar-refractivity contribution in [2.24, 2.45) is 7.05 Å². The number of carbonyl (C=O) groups is 1. The van der Waals surface area contributed by atoms with Crippen LogP contribution >= 0.6 is 0 Å². The Morgan fingerprint density at radius 1 is 1.65 bits per heavy atom. The first-order valence-electron chi connectivity index (χ1n) is 5.90. The predicted octanol–water partition coefficient (Wildman–Crippen LogP) is 0.460. The van der Waals surface area contributed by atoms with Gasteiger partial charge in [0.15, 0.2) is 0 Å². The van der Waals surface area contributed by atoms with Crippen LogP contribution in [0.5, 0.6) is 0 Å². The predicted molar refractivity (Wildman–Crippen MR) is 65.7 cm³/mol. The van der Waals surface area contributed by atoms with Crippen molar-refractivity contribution in [1.82, 2.24) is 20.2 Å². The van der Waals surface area contributed by atoms with E-state index in [1.165, 1.54) is 5.57 Å². The minimum absolute atomic E-state index is 0.0971. The number of imidazole rings is 1.